The van der Waals surface area contributed by atoms with E-state index in [-0.39, 0.29) is 12.8 Å². The molecule has 134 valence electrons. The van der Waals surface area contributed by atoms with Crippen LogP contribution in [0.4, 0.5) is 0 Å². The number of quaternary nitrogens is 1. The minimum absolute atomic E-state index is 0.0163. The van der Waals surface area contributed by atoms with Gasteiger partial charge in [-0.25, -0.2) is 0 Å². The minimum Gasteiger partial charge on any atom is -0.492 e. The molecule has 0 saturated heterocycles. The van der Waals surface area contributed by atoms with Crippen molar-refractivity contribution in [2.45, 2.75) is 12.5 Å². The number of hydrogen-bond acceptors (Lipinski definition) is 4. The summed E-state index contributed by atoms with van der Waals surface area (Å²) in [6, 6.07) is 11.8. The van der Waals surface area contributed by atoms with Crippen molar-refractivity contribution in [3.8, 4) is 34.8 Å². The quantitative estimate of drug-likeness (QED) is 0.853. The van der Waals surface area contributed by atoms with Crippen LogP contribution in [-0.2, 0) is 6.42 Å². The van der Waals surface area contributed by atoms with E-state index in [1.807, 2.05) is 30.3 Å². The molecule has 2 atom stereocenters. The molecule has 1 N–H and O–H groups in total. The Labute approximate surface area is 153 Å². The lowest BCUT2D eigenvalue weighted by atomic mass is 9.91. The molecule has 5 heteroatoms. The number of likely N-dealkylation sites (N-methyl/N-ethyl adjacent to an activating group) is 1. The van der Waals surface area contributed by atoms with Gasteiger partial charge in [0.25, 0.3) is 0 Å². The van der Waals surface area contributed by atoms with Gasteiger partial charge in [-0.2, -0.15) is 0 Å². The Kier molecular flexibility index (Phi) is 4.59. The predicted molar refractivity (Wildman–Crippen MR) is 97.0 cm³/mol. The summed E-state index contributed by atoms with van der Waals surface area (Å²) in [4.78, 5) is 1.34. The third kappa shape index (κ3) is 3.04. The molecule has 2 aromatic rings. The van der Waals surface area contributed by atoms with Gasteiger partial charge in [0.2, 0.25) is 12.5 Å². The van der Waals surface area contributed by atoms with Crippen molar-refractivity contribution < 1.29 is 23.8 Å². The van der Waals surface area contributed by atoms with E-state index in [9.17, 15) is 0 Å². The van der Waals surface area contributed by atoms with E-state index in [0.29, 0.717) is 12.4 Å². The molecule has 0 saturated carbocycles. The van der Waals surface area contributed by atoms with Crippen LogP contribution in [0.3, 0.4) is 0 Å². The van der Waals surface area contributed by atoms with Crippen molar-refractivity contribution in [2.75, 3.05) is 34.1 Å². The average molecular weight is 352 g/mol. The second-order valence-corrected chi connectivity index (χ2v) is 6.42. The fraction of sp³-hybridized carbons (Fsp3) is 0.333. The Morgan fingerprint density at radius 3 is 2.88 bits per heavy atom. The summed E-state index contributed by atoms with van der Waals surface area (Å²) in [6.07, 6.45) is 0.965. The molecule has 26 heavy (non-hydrogen) atoms. The Morgan fingerprint density at radius 2 is 2.08 bits per heavy atom. The van der Waals surface area contributed by atoms with E-state index >= 15 is 0 Å². The lowest BCUT2D eigenvalue weighted by molar-refractivity contribution is -0.905. The number of benzene rings is 2. The van der Waals surface area contributed by atoms with Crippen molar-refractivity contribution in [1.29, 1.82) is 0 Å². The van der Waals surface area contributed by atoms with Crippen LogP contribution in [0.1, 0.15) is 17.2 Å². The molecule has 2 heterocycles. The highest BCUT2D eigenvalue weighted by molar-refractivity contribution is 5.62. The third-order valence-electron chi connectivity index (χ3n) is 4.82. The van der Waals surface area contributed by atoms with E-state index < -0.39 is 0 Å². The molecule has 2 aromatic carbocycles. The number of nitrogens with one attached hydrogen (secondary N) is 1. The van der Waals surface area contributed by atoms with Crippen LogP contribution in [0.2, 0.25) is 0 Å². The average Bonchev–Trinajstić information content (AvgIpc) is 3.14. The van der Waals surface area contributed by atoms with Crippen LogP contribution in [0.5, 0.6) is 23.0 Å². The predicted octanol–water partition coefficient (Wildman–Crippen LogP) is 1.62. The fourth-order valence-electron chi connectivity index (χ4n) is 3.50. The monoisotopic (exact) mass is 352 g/mol. The van der Waals surface area contributed by atoms with Crippen LogP contribution >= 0.6 is 0 Å². The molecular weight excluding hydrogens is 330 g/mol. The normalized spacial score (nSPS) is 19.9. The van der Waals surface area contributed by atoms with Crippen molar-refractivity contribution in [3.05, 3.63) is 47.5 Å². The van der Waals surface area contributed by atoms with Gasteiger partial charge in [0.1, 0.15) is 12.4 Å². The summed E-state index contributed by atoms with van der Waals surface area (Å²) in [5, 5.41) is 0. The Hall–Kier alpha value is -2.84. The summed E-state index contributed by atoms with van der Waals surface area (Å²) >= 11 is 0. The number of fused-ring (bicyclic) bond motifs is 2. The van der Waals surface area contributed by atoms with Crippen LogP contribution in [0, 0.1) is 11.8 Å². The van der Waals surface area contributed by atoms with E-state index in [0.717, 1.165) is 35.8 Å². The largest absolute Gasteiger partial charge is 0.492 e. The molecule has 0 fully saturated rings. The van der Waals surface area contributed by atoms with Crippen molar-refractivity contribution in [1.82, 2.24) is 0 Å². The van der Waals surface area contributed by atoms with Gasteiger partial charge >= 0.3 is 0 Å². The van der Waals surface area contributed by atoms with Gasteiger partial charge < -0.3 is 23.8 Å². The molecule has 0 radical (unpaired) electrons. The molecule has 0 aromatic heterocycles. The van der Waals surface area contributed by atoms with Gasteiger partial charge in [-0.05, 0) is 29.7 Å². The molecule has 4 rings (SSSR count). The first-order valence-corrected chi connectivity index (χ1v) is 8.76. The second-order valence-electron chi connectivity index (χ2n) is 6.42. The highest BCUT2D eigenvalue weighted by Gasteiger charge is 2.35. The van der Waals surface area contributed by atoms with Gasteiger partial charge in [0, 0.05) is 6.42 Å². The van der Waals surface area contributed by atoms with Gasteiger partial charge in [-0.1, -0.05) is 24.1 Å². The van der Waals surface area contributed by atoms with Gasteiger partial charge in [-0.3, -0.25) is 0 Å². The van der Waals surface area contributed by atoms with Gasteiger partial charge in [-0.15, -0.1) is 0 Å². The Balaban J connectivity index is 1.61. The molecule has 0 spiro atoms. The zero-order chi connectivity index (χ0) is 17.9. The van der Waals surface area contributed by atoms with E-state index in [1.165, 1.54) is 10.5 Å². The topological polar surface area (TPSA) is 41.4 Å². The zero-order valence-corrected chi connectivity index (χ0v) is 15.0. The van der Waals surface area contributed by atoms with Crippen molar-refractivity contribution in [3.63, 3.8) is 0 Å². The molecule has 0 aliphatic carbocycles. The maximum atomic E-state index is 5.69. The van der Waals surface area contributed by atoms with Gasteiger partial charge in [0.15, 0.2) is 17.5 Å². The standard InChI is InChI=1S/C21H21NO4/c1-22-11-10-15-13-18-20(26-14-25-18)21(23-2)19(15)17(22)9-6-12-24-16-7-4-3-5-8-16/h3-5,7-8,13,17H,10-12,14H2,1-2H3/p+1/t17-/m0/s1. The summed E-state index contributed by atoms with van der Waals surface area (Å²) in [6.45, 7) is 1.60. The minimum atomic E-state index is 0.0163. The summed E-state index contributed by atoms with van der Waals surface area (Å²) in [5.74, 6) is 9.57. The number of para-hydroxylation sites is 1. The van der Waals surface area contributed by atoms with E-state index in [2.05, 4.69) is 25.0 Å². The molecule has 5 nitrogen and oxygen atoms in total. The van der Waals surface area contributed by atoms with Gasteiger partial charge in [0.05, 0.1) is 26.3 Å². The smallest absolute Gasteiger partial charge is 0.231 e. The zero-order valence-electron chi connectivity index (χ0n) is 15.0. The third-order valence-corrected chi connectivity index (χ3v) is 4.82. The molecule has 2 aliphatic rings. The second kappa shape index (κ2) is 7.19. The maximum Gasteiger partial charge on any atom is 0.231 e. The maximum absolute atomic E-state index is 5.69. The van der Waals surface area contributed by atoms with Crippen LogP contribution < -0.4 is 23.8 Å². The lowest BCUT2D eigenvalue weighted by Gasteiger charge is -2.29. The first-order valence-electron chi connectivity index (χ1n) is 8.76. The van der Waals surface area contributed by atoms with Crippen molar-refractivity contribution in [2.24, 2.45) is 0 Å². The molecule has 0 amide bonds. The van der Waals surface area contributed by atoms with Crippen LogP contribution in [0.25, 0.3) is 0 Å². The van der Waals surface area contributed by atoms with Crippen LogP contribution in [0.15, 0.2) is 36.4 Å². The number of ether oxygens (including phenoxy) is 4. The first kappa shape index (κ1) is 16.6. The highest BCUT2D eigenvalue weighted by Crippen LogP contribution is 2.47. The van der Waals surface area contributed by atoms with Crippen LogP contribution in [-0.4, -0.2) is 34.1 Å². The Bertz CT molecular complexity index is 854. The summed E-state index contributed by atoms with van der Waals surface area (Å²) in [7, 11) is 3.83. The summed E-state index contributed by atoms with van der Waals surface area (Å²) < 4.78 is 22.6. The molecule has 1 unspecified atom stereocenters. The van der Waals surface area contributed by atoms with E-state index in [1.54, 1.807) is 7.11 Å². The number of hydrogen-bond donors (Lipinski definition) is 1. The van der Waals surface area contributed by atoms with Crippen molar-refractivity contribution >= 4 is 0 Å². The Morgan fingerprint density at radius 1 is 1.23 bits per heavy atom. The molecule has 2 aliphatic heterocycles. The first-order chi connectivity index (χ1) is 12.8. The lowest BCUT2D eigenvalue weighted by Crippen LogP contribution is -3.10. The number of methoxy groups -OCH3 is 1. The fourth-order valence-corrected chi connectivity index (χ4v) is 3.50. The molecule has 0 bridgehead atoms. The number of rotatable bonds is 3. The summed E-state index contributed by atoms with van der Waals surface area (Å²) in [5.41, 5.74) is 2.33. The highest BCUT2D eigenvalue weighted by atomic mass is 16.7. The SMILES string of the molecule is COc1c2c(cc3c1[C@H](C#CCOc1ccccc1)[NH+](C)CC3)OCO2. The molecular formula is C21H22NO4+. The van der Waals surface area contributed by atoms with E-state index in [4.69, 9.17) is 18.9 Å².